The fourth-order valence-corrected chi connectivity index (χ4v) is 6.09. The van der Waals surface area contributed by atoms with Gasteiger partial charge in [-0.15, -0.1) is 0 Å². The quantitative estimate of drug-likeness (QED) is 0.177. The van der Waals surface area contributed by atoms with Gasteiger partial charge in [-0.05, 0) is 107 Å². The summed E-state index contributed by atoms with van der Waals surface area (Å²) in [4.78, 5) is 4.62. The predicted molar refractivity (Wildman–Crippen MR) is 193 cm³/mol. The van der Waals surface area contributed by atoms with E-state index in [2.05, 4.69) is 193 Å². The van der Waals surface area contributed by atoms with Crippen LogP contribution < -0.4 is 9.80 Å². The molecule has 0 aliphatic heterocycles. The van der Waals surface area contributed by atoms with Crippen LogP contribution in [0, 0.1) is 0 Å². The molecule has 0 radical (unpaired) electrons. The normalized spacial score (nSPS) is 12.4. The molecule has 0 N–H and O–H groups in total. The average Bonchev–Trinajstić information content (AvgIpc) is 3.13. The number of nitrogens with zero attached hydrogens (tertiary/aromatic N) is 2. The SMILES string of the molecule is CN(c1ccc(N(c2cccc(C3=CC=CCC3)c2)c2cccc(-c3ccccc3)c2)cc1)c1cccc(-c2ccccc2)c1. The minimum Gasteiger partial charge on any atom is -0.345 e. The van der Waals surface area contributed by atoms with Gasteiger partial charge < -0.3 is 9.80 Å². The molecule has 218 valence electrons. The Labute approximate surface area is 266 Å². The molecule has 2 nitrogen and oxygen atoms in total. The van der Waals surface area contributed by atoms with Crippen LogP contribution in [0.2, 0.25) is 0 Å². The Morgan fingerprint density at radius 1 is 0.422 bits per heavy atom. The summed E-state index contributed by atoms with van der Waals surface area (Å²) in [6, 6.07) is 56.6. The van der Waals surface area contributed by atoms with E-state index in [1.54, 1.807) is 0 Å². The molecule has 0 saturated carbocycles. The number of allylic oxidation sites excluding steroid dienone is 4. The molecule has 0 aromatic heterocycles. The van der Waals surface area contributed by atoms with Crippen LogP contribution >= 0.6 is 0 Å². The molecule has 1 aliphatic rings. The van der Waals surface area contributed by atoms with Gasteiger partial charge in [0.25, 0.3) is 0 Å². The van der Waals surface area contributed by atoms with Gasteiger partial charge in [0.05, 0.1) is 0 Å². The van der Waals surface area contributed by atoms with Crippen LogP contribution in [-0.4, -0.2) is 7.05 Å². The highest BCUT2D eigenvalue weighted by Crippen LogP contribution is 2.39. The standard InChI is InChI=1S/C43H36N2/c1-44(41-23-11-20-36(30-41)33-14-5-2-6-15-33)39-26-28-40(29-27-39)45(42-24-12-21-37(31-42)34-16-7-3-8-17-34)43-25-13-22-38(32-43)35-18-9-4-10-19-35/h2-9,11-18,20-32H,10,19H2,1H3. The highest BCUT2D eigenvalue weighted by atomic mass is 15.1. The highest BCUT2D eigenvalue weighted by Gasteiger charge is 2.16. The van der Waals surface area contributed by atoms with Gasteiger partial charge in [-0.1, -0.05) is 115 Å². The van der Waals surface area contributed by atoms with Gasteiger partial charge in [0.2, 0.25) is 0 Å². The number of hydrogen-bond donors (Lipinski definition) is 0. The predicted octanol–water partition coefficient (Wildman–Crippen LogP) is 12.0. The van der Waals surface area contributed by atoms with Crippen molar-refractivity contribution in [3.8, 4) is 22.3 Å². The van der Waals surface area contributed by atoms with E-state index in [9.17, 15) is 0 Å². The molecule has 0 spiro atoms. The second kappa shape index (κ2) is 13.0. The summed E-state index contributed by atoms with van der Waals surface area (Å²) in [7, 11) is 2.13. The molecule has 0 fully saturated rings. The third kappa shape index (κ3) is 6.23. The molecular weight excluding hydrogens is 544 g/mol. The van der Waals surface area contributed by atoms with Gasteiger partial charge in [0.1, 0.15) is 0 Å². The van der Waals surface area contributed by atoms with Crippen molar-refractivity contribution < 1.29 is 0 Å². The van der Waals surface area contributed by atoms with Crippen molar-refractivity contribution in [1.82, 2.24) is 0 Å². The Balaban J connectivity index is 1.26. The van der Waals surface area contributed by atoms with Crippen LogP contribution in [0.25, 0.3) is 27.8 Å². The lowest BCUT2D eigenvalue weighted by molar-refractivity contribution is 1.05. The van der Waals surface area contributed by atoms with Crippen LogP contribution in [-0.2, 0) is 0 Å². The highest BCUT2D eigenvalue weighted by molar-refractivity contribution is 5.83. The summed E-state index contributed by atoms with van der Waals surface area (Å²) in [5.41, 5.74) is 13.2. The molecular formula is C43H36N2. The largest absolute Gasteiger partial charge is 0.345 e. The molecule has 0 bridgehead atoms. The molecule has 0 amide bonds. The van der Waals surface area contributed by atoms with E-state index in [1.165, 1.54) is 33.4 Å². The molecule has 6 aromatic rings. The van der Waals surface area contributed by atoms with Crippen LogP contribution in [0.15, 0.2) is 176 Å². The average molecular weight is 581 g/mol. The molecule has 6 aromatic carbocycles. The van der Waals surface area contributed by atoms with Crippen LogP contribution in [0.5, 0.6) is 0 Å². The lowest BCUT2D eigenvalue weighted by atomic mass is 9.96. The topological polar surface area (TPSA) is 6.48 Å². The minimum atomic E-state index is 1.07. The van der Waals surface area contributed by atoms with Gasteiger partial charge in [-0.3, -0.25) is 0 Å². The number of benzene rings is 6. The first-order valence-corrected chi connectivity index (χ1v) is 15.6. The van der Waals surface area contributed by atoms with E-state index in [0.717, 1.165) is 41.3 Å². The van der Waals surface area contributed by atoms with E-state index < -0.39 is 0 Å². The van der Waals surface area contributed by atoms with Crippen molar-refractivity contribution in [2.45, 2.75) is 12.8 Å². The van der Waals surface area contributed by atoms with Gasteiger partial charge in [0.15, 0.2) is 0 Å². The molecule has 1 aliphatic carbocycles. The van der Waals surface area contributed by atoms with Crippen LogP contribution in [0.4, 0.5) is 28.4 Å². The Kier molecular flexibility index (Phi) is 8.11. The number of hydrogen-bond acceptors (Lipinski definition) is 2. The Hall–Kier alpha value is -5.60. The Morgan fingerprint density at radius 3 is 1.49 bits per heavy atom. The van der Waals surface area contributed by atoms with Crippen molar-refractivity contribution in [2.75, 3.05) is 16.8 Å². The second-order valence-corrected chi connectivity index (χ2v) is 11.5. The molecule has 0 unspecified atom stereocenters. The summed E-state index contributed by atoms with van der Waals surface area (Å²) in [6.07, 6.45) is 8.82. The van der Waals surface area contributed by atoms with Crippen molar-refractivity contribution in [3.63, 3.8) is 0 Å². The van der Waals surface area contributed by atoms with E-state index in [0.29, 0.717) is 0 Å². The fourth-order valence-electron chi connectivity index (χ4n) is 6.09. The summed E-state index contributed by atoms with van der Waals surface area (Å²) in [6.45, 7) is 0. The van der Waals surface area contributed by atoms with Gasteiger partial charge in [0, 0.05) is 35.5 Å². The molecule has 0 heterocycles. The summed E-state index contributed by atoms with van der Waals surface area (Å²) in [5, 5.41) is 0. The van der Waals surface area contributed by atoms with Crippen molar-refractivity contribution in [2.24, 2.45) is 0 Å². The molecule has 45 heavy (non-hydrogen) atoms. The van der Waals surface area contributed by atoms with Crippen LogP contribution in [0.3, 0.4) is 0 Å². The fraction of sp³-hybridized carbons (Fsp3) is 0.0698. The van der Waals surface area contributed by atoms with Gasteiger partial charge >= 0.3 is 0 Å². The zero-order chi connectivity index (χ0) is 30.4. The first kappa shape index (κ1) is 28.2. The van der Waals surface area contributed by atoms with E-state index in [-0.39, 0.29) is 0 Å². The smallest absolute Gasteiger partial charge is 0.0467 e. The number of rotatable bonds is 8. The summed E-state index contributed by atoms with van der Waals surface area (Å²) in [5.74, 6) is 0. The third-order valence-corrected chi connectivity index (χ3v) is 8.54. The monoisotopic (exact) mass is 580 g/mol. The van der Waals surface area contributed by atoms with Gasteiger partial charge in [-0.25, -0.2) is 0 Å². The van der Waals surface area contributed by atoms with Gasteiger partial charge in [-0.2, -0.15) is 0 Å². The zero-order valence-electron chi connectivity index (χ0n) is 25.6. The third-order valence-electron chi connectivity index (χ3n) is 8.54. The van der Waals surface area contributed by atoms with E-state index in [1.807, 2.05) is 0 Å². The lowest BCUT2D eigenvalue weighted by Gasteiger charge is -2.28. The van der Waals surface area contributed by atoms with Crippen molar-refractivity contribution in [1.29, 1.82) is 0 Å². The second-order valence-electron chi connectivity index (χ2n) is 11.5. The lowest BCUT2D eigenvalue weighted by Crippen LogP contribution is -2.12. The van der Waals surface area contributed by atoms with Crippen LogP contribution in [0.1, 0.15) is 18.4 Å². The summed E-state index contributed by atoms with van der Waals surface area (Å²) < 4.78 is 0. The molecule has 0 atom stereocenters. The Morgan fingerprint density at radius 2 is 0.911 bits per heavy atom. The van der Waals surface area contributed by atoms with Crippen molar-refractivity contribution in [3.05, 3.63) is 182 Å². The first-order valence-electron chi connectivity index (χ1n) is 15.6. The maximum atomic E-state index is 2.37. The Bertz CT molecular complexity index is 1950. The van der Waals surface area contributed by atoms with E-state index in [4.69, 9.17) is 0 Å². The molecule has 0 saturated heterocycles. The minimum absolute atomic E-state index is 1.07. The first-order chi connectivity index (χ1) is 22.2. The molecule has 7 rings (SSSR count). The summed E-state index contributed by atoms with van der Waals surface area (Å²) >= 11 is 0. The number of anilines is 5. The zero-order valence-corrected chi connectivity index (χ0v) is 25.6. The van der Waals surface area contributed by atoms with Crippen molar-refractivity contribution >= 4 is 34.0 Å². The maximum absolute atomic E-state index is 2.37. The van der Waals surface area contributed by atoms with E-state index >= 15 is 0 Å². The maximum Gasteiger partial charge on any atom is 0.0467 e. The molecule has 2 heteroatoms.